The number of aryl methyl sites for hydroxylation is 1. The maximum absolute atomic E-state index is 12.0. The summed E-state index contributed by atoms with van der Waals surface area (Å²) >= 11 is 7.50. The zero-order valence-corrected chi connectivity index (χ0v) is 12.2. The van der Waals surface area contributed by atoms with Gasteiger partial charge in [0, 0.05) is 27.5 Å². The molecule has 3 rings (SSSR count). The molecule has 0 saturated heterocycles. The first-order chi connectivity index (χ1) is 9.63. The number of nitrogens with one attached hydrogen (secondary N) is 1. The highest BCUT2D eigenvalue weighted by molar-refractivity contribution is 7.13. The summed E-state index contributed by atoms with van der Waals surface area (Å²) in [6.45, 7) is 1.92. The number of hydrogen-bond donors (Lipinski definition) is 1. The van der Waals surface area contributed by atoms with E-state index in [4.69, 9.17) is 16.0 Å². The van der Waals surface area contributed by atoms with Gasteiger partial charge in [-0.05, 0) is 24.6 Å². The molecular weight excluding hydrogens is 296 g/mol. The summed E-state index contributed by atoms with van der Waals surface area (Å²) in [5, 5.41) is 6.69. The van der Waals surface area contributed by atoms with Crippen molar-refractivity contribution in [3.05, 3.63) is 46.1 Å². The molecule has 1 aromatic carbocycles. The second-order valence-corrected chi connectivity index (χ2v) is 5.72. The van der Waals surface area contributed by atoms with Crippen LogP contribution < -0.4 is 5.32 Å². The number of rotatable bonds is 3. The van der Waals surface area contributed by atoms with Gasteiger partial charge in [0.25, 0.3) is 0 Å². The predicted molar refractivity (Wildman–Crippen MR) is 80.4 cm³/mol. The van der Waals surface area contributed by atoms with Crippen LogP contribution in [0, 0.1) is 6.92 Å². The molecule has 0 bridgehead atoms. The average molecular weight is 307 g/mol. The van der Waals surface area contributed by atoms with Gasteiger partial charge < -0.3 is 9.73 Å². The van der Waals surface area contributed by atoms with Gasteiger partial charge in [0.2, 0.25) is 5.91 Å². The molecule has 1 amide bonds. The van der Waals surface area contributed by atoms with Crippen LogP contribution in [0.4, 0.5) is 5.13 Å². The van der Waals surface area contributed by atoms with Crippen LogP contribution in [0.3, 0.4) is 0 Å². The largest absolute Gasteiger partial charge is 0.464 e. The van der Waals surface area contributed by atoms with E-state index >= 15 is 0 Å². The Morgan fingerprint density at radius 1 is 1.50 bits per heavy atom. The molecule has 0 aliphatic rings. The molecule has 20 heavy (non-hydrogen) atoms. The van der Waals surface area contributed by atoms with Crippen LogP contribution in [0.1, 0.15) is 11.1 Å². The van der Waals surface area contributed by atoms with Crippen molar-refractivity contribution >= 4 is 44.9 Å². The maximum atomic E-state index is 12.0. The molecule has 0 aliphatic heterocycles. The Balaban J connectivity index is 1.84. The van der Waals surface area contributed by atoms with E-state index < -0.39 is 0 Å². The van der Waals surface area contributed by atoms with Gasteiger partial charge >= 0.3 is 0 Å². The second-order valence-electron chi connectivity index (χ2n) is 4.42. The van der Waals surface area contributed by atoms with E-state index in [9.17, 15) is 4.79 Å². The van der Waals surface area contributed by atoms with Crippen molar-refractivity contribution in [1.29, 1.82) is 0 Å². The Labute approximate surface area is 124 Å². The first kappa shape index (κ1) is 13.1. The monoisotopic (exact) mass is 306 g/mol. The smallest absolute Gasteiger partial charge is 0.230 e. The highest BCUT2D eigenvalue weighted by atomic mass is 35.5. The van der Waals surface area contributed by atoms with Crippen molar-refractivity contribution in [2.24, 2.45) is 0 Å². The summed E-state index contributed by atoms with van der Waals surface area (Å²) in [6, 6.07) is 3.71. The fraction of sp³-hybridized carbons (Fsp3) is 0.143. The Hall–Kier alpha value is -1.85. The lowest BCUT2D eigenvalue weighted by Crippen LogP contribution is -2.13. The average Bonchev–Trinajstić information content (AvgIpc) is 3.02. The number of anilines is 1. The van der Waals surface area contributed by atoms with E-state index in [2.05, 4.69) is 10.3 Å². The molecule has 0 aliphatic carbocycles. The fourth-order valence-electron chi connectivity index (χ4n) is 1.96. The van der Waals surface area contributed by atoms with Gasteiger partial charge in [0.15, 0.2) is 5.13 Å². The number of fused-ring (bicyclic) bond motifs is 1. The van der Waals surface area contributed by atoms with E-state index in [0.29, 0.717) is 10.2 Å². The van der Waals surface area contributed by atoms with E-state index in [1.165, 1.54) is 11.3 Å². The second kappa shape index (κ2) is 5.26. The van der Waals surface area contributed by atoms with Crippen LogP contribution in [0.25, 0.3) is 11.0 Å². The third-order valence-corrected chi connectivity index (χ3v) is 4.06. The predicted octanol–water partition coefficient (Wildman–Crippen LogP) is 4.03. The van der Waals surface area contributed by atoms with Crippen LogP contribution >= 0.6 is 22.9 Å². The Morgan fingerprint density at radius 2 is 2.35 bits per heavy atom. The minimum atomic E-state index is -0.126. The van der Waals surface area contributed by atoms with Crippen molar-refractivity contribution in [3.8, 4) is 0 Å². The van der Waals surface area contributed by atoms with Gasteiger partial charge in [-0.2, -0.15) is 0 Å². The highest BCUT2D eigenvalue weighted by Crippen LogP contribution is 2.28. The van der Waals surface area contributed by atoms with Crippen molar-refractivity contribution < 1.29 is 9.21 Å². The molecule has 2 heterocycles. The number of hydrogen-bond acceptors (Lipinski definition) is 4. The first-order valence-corrected chi connectivity index (χ1v) is 7.25. The number of halogens is 1. The molecule has 2 aromatic heterocycles. The molecule has 3 aromatic rings. The zero-order valence-electron chi connectivity index (χ0n) is 10.6. The van der Waals surface area contributed by atoms with Crippen LogP contribution in [-0.4, -0.2) is 10.9 Å². The molecule has 4 nitrogen and oxygen atoms in total. The fourth-order valence-corrected chi connectivity index (χ4v) is 2.67. The molecule has 0 radical (unpaired) electrons. The minimum absolute atomic E-state index is 0.126. The van der Waals surface area contributed by atoms with Gasteiger partial charge in [-0.25, -0.2) is 4.98 Å². The molecule has 1 N–H and O–H groups in total. The lowest BCUT2D eigenvalue weighted by molar-refractivity contribution is -0.115. The minimum Gasteiger partial charge on any atom is -0.464 e. The Morgan fingerprint density at radius 3 is 3.10 bits per heavy atom. The van der Waals surface area contributed by atoms with Crippen molar-refractivity contribution in [3.63, 3.8) is 0 Å². The third kappa shape index (κ3) is 2.55. The summed E-state index contributed by atoms with van der Waals surface area (Å²) in [5.41, 5.74) is 2.51. The van der Waals surface area contributed by atoms with Crippen molar-refractivity contribution in [2.45, 2.75) is 13.3 Å². The molecule has 102 valence electrons. The number of benzene rings is 1. The Bertz CT molecular complexity index is 765. The van der Waals surface area contributed by atoms with Crippen LogP contribution in [0.15, 0.2) is 34.4 Å². The van der Waals surface area contributed by atoms with Crippen LogP contribution in [0.2, 0.25) is 5.02 Å². The summed E-state index contributed by atoms with van der Waals surface area (Å²) in [4.78, 5) is 16.0. The lowest BCUT2D eigenvalue weighted by Gasteiger charge is -2.01. The zero-order chi connectivity index (χ0) is 14.1. The number of carbonyl (C=O) groups excluding carboxylic acids is 1. The third-order valence-electron chi connectivity index (χ3n) is 2.96. The lowest BCUT2D eigenvalue weighted by atomic mass is 10.1. The highest BCUT2D eigenvalue weighted by Gasteiger charge is 2.12. The van der Waals surface area contributed by atoms with Gasteiger partial charge in [-0.1, -0.05) is 11.6 Å². The quantitative estimate of drug-likeness (QED) is 0.794. The number of thiazole rings is 1. The molecule has 6 heteroatoms. The van der Waals surface area contributed by atoms with E-state index in [1.807, 2.05) is 24.4 Å². The first-order valence-electron chi connectivity index (χ1n) is 5.99. The number of aromatic nitrogens is 1. The van der Waals surface area contributed by atoms with E-state index in [0.717, 1.165) is 22.1 Å². The van der Waals surface area contributed by atoms with Gasteiger partial charge in [0.05, 0.1) is 12.7 Å². The van der Waals surface area contributed by atoms with Gasteiger partial charge in [0.1, 0.15) is 5.58 Å². The summed E-state index contributed by atoms with van der Waals surface area (Å²) in [6.07, 6.45) is 3.48. The molecule has 0 fully saturated rings. The number of carbonyl (C=O) groups is 1. The number of furan rings is 1. The van der Waals surface area contributed by atoms with E-state index in [1.54, 1.807) is 12.5 Å². The standard InChI is InChI=1S/C14H11ClN2O2S/c1-8-4-12-10(6-11(8)15)9(7-19-12)5-13(18)17-14-16-2-3-20-14/h2-4,6-7H,5H2,1H3,(H,16,17,18). The number of nitrogens with zero attached hydrogens (tertiary/aromatic N) is 1. The van der Waals surface area contributed by atoms with Crippen molar-refractivity contribution in [2.75, 3.05) is 5.32 Å². The summed E-state index contributed by atoms with van der Waals surface area (Å²) < 4.78 is 5.47. The topological polar surface area (TPSA) is 55.1 Å². The normalized spacial score (nSPS) is 10.9. The maximum Gasteiger partial charge on any atom is 0.230 e. The molecule has 0 saturated carbocycles. The van der Waals surface area contributed by atoms with Crippen molar-refractivity contribution in [1.82, 2.24) is 4.98 Å². The summed E-state index contributed by atoms with van der Waals surface area (Å²) in [5.74, 6) is -0.126. The summed E-state index contributed by atoms with van der Waals surface area (Å²) in [7, 11) is 0. The SMILES string of the molecule is Cc1cc2occ(CC(=O)Nc3nccs3)c2cc1Cl. The van der Waals surface area contributed by atoms with Crippen LogP contribution in [-0.2, 0) is 11.2 Å². The van der Waals surface area contributed by atoms with Gasteiger partial charge in [-0.15, -0.1) is 11.3 Å². The molecule has 0 unspecified atom stereocenters. The number of amides is 1. The molecule has 0 atom stereocenters. The van der Waals surface area contributed by atoms with Crippen LogP contribution in [0.5, 0.6) is 0 Å². The van der Waals surface area contributed by atoms with E-state index in [-0.39, 0.29) is 12.3 Å². The molecule has 0 spiro atoms. The van der Waals surface area contributed by atoms with Gasteiger partial charge in [-0.3, -0.25) is 4.79 Å². The molecular formula is C14H11ClN2O2S. The Kier molecular flexibility index (Phi) is 3.46.